The van der Waals surface area contributed by atoms with Gasteiger partial charge in [-0.3, -0.25) is 4.79 Å². The van der Waals surface area contributed by atoms with Gasteiger partial charge in [0.05, 0.1) is 0 Å². The van der Waals surface area contributed by atoms with E-state index in [0.29, 0.717) is 17.6 Å². The molecule has 0 unspecified atom stereocenters. The second-order valence-corrected chi connectivity index (χ2v) is 7.14. The Labute approximate surface area is 129 Å². The van der Waals surface area contributed by atoms with Crippen LogP contribution in [0.5, 0.6) is 0 Å². The predicted molar refractivity (Wildman–Crippen MR) is 88.2 cm³/mol. The molecule has 3 rings (SSSR count). The first kappa shape index (κ1) is 14.8. The lowest BCUT2D eigenvalue weighted by Crippen LogP contribution is -2.26. The van der Waals surface area contributed by atoms with Crippen LogP contribution in [0, 0.1) is 19.8 Å². The number of carbonyl (C=O) groups excluding carboxylic acids is 1. The third-order valence-electron chi connectivity index (χ3n) is 5.70. The van der Waals surface area contributed by atoms with Crippen LogP contribution in [0.2, 0.25) is 0 Å². The van der Waals surface area contributed by atoms with Crippen molar-refractivity contribution in [2.45, 2.75) is 78.1 Å². The summed E-state index contributed by atoms with van der Waals surface area (Å²) in [5, 5.41) is 0. The molecule has 0 N–H and O–H groups in total. The van der Waals surface area contributed by atoms with Gasteiger partial charge >= 0.3 is 0 Å². The van der Waals surface area contributed by atoms with E-state index in [9.17, 15) is 4.79 Å². The van der Waals surface area contributed by atoms with Crippen LogP contribution in [0.15, 0.2) is 6.07 Å². The molecule has 2 saturated carbocycles. The fourth-order valence-corrected chi connectivity index (χ4v) is 3.95. The number of rotatable bonds is 5. The molecular weight excluding hydrogens is 256 g/mol. The van der Waals surface area contributed by atoms with Crippen molar-refractivity contribution in [1.82, 2.24) is 0 Å². The van der Waals surface area contributed by atoms with Gasteiger partial charge in [0.2, 0.25) is 0 Å². The normalized spacial score (nSPS) is 19.2. The highest BCUT2D eigenvalue weighted by atomic mass is 16.1. The van der Waals surface area contributed by atoms with Crippen molar-refractivity contribution >= 4 is 5.78 Å². The van der Waals surface area contributed by atoms with Crippen LogP contribution < -0.4 is 0 Å². The highest BCUT2D eigenvalue weighted by Gasteiger charge is 2.33. The maximum atomic E-state index is 12.9. The van der Waals surface area contributed by atoms with Gasteiger partial charge in [0.25, 0.3) is 0 Å². The Morgan fingerprint density at radius 2 is 1.81 bits per heavy atom. The fraction of sp³-hybridized carbons (Fsp3) is 0.650. The van der Waals surface area contributed by atoms with Gasteiger partial charge in [-0.1, -0.05) is 32.3 Å². The molecule has 114 valence electrons. The molecule has 1 heteroatoms. The Hall–Kier alpha value is -1.11. The number of benzene rings is 1. The lowest BCUT2D eigenvalue weighted by Gasteiger charge is -2.33. The standard InChI is InChI=1S/C20H28O/c1-4-7-17-12-13(2)18(20(21)16-10-6-11-16)19(14(17)3)15-8-5-9-15/h12,15-16H,4-11H2,1-3H3. The van der Waals surface area contributed by atoms with Crippen molar-refractivity contribution in [3.63, 3.8) is 0 Å². The van der Waals surface area contributed by atoms with Gasteiger partial charge in [-0.05, 0) is 74.1 Å². The van der Waals surface area contributed by atoms with Crippen LogP contribution in [-0.4, -0.2) is 5.78 Å². The molecule has 1 aromatic carbocycles. The molecule has 1 aromatic rings. The zero-order chi connectivity index (χ0) is 15.0. The topological polar surface area (TPSA) is 17.1 Å². The summed E-state index contributed by atoms with van der Waals surface area (Å²) in [5.74, 6) is 1.42. The van der Waals surface area contributed by atoms with Crippen LogP contribution >= 0.6 is 0 Å². The van der Waals surface area contributed by atoms with Gasteiger partial charge in [0.1, 0.15) is 0 Å². The maximum absolute atomic E-state index is 12.9. The maximum Gasteiger partial charge on any atom is 0.166 e. The number of hydrogen-bond acceptors (Lipinski definition) is 1. The molecule has 21 heavy (non-hydrogen) atoms. The van der Waals surface area contributed by atoms with Crippen molar-refractivity contribution in [2.24, 2.45) is 5.92 Å². The summed E-state index contributed by atoms with van der Waals surface area (Å²) in [6, 6.07) is 2.30. The zero-order valence-corrected chi connectivity index (χ0v) is 13.8. The minimum Gasteiger partial charge on any atom is -0.294 e. The van der Waals surface area contributed by atoms with Crippen molar-refractivity contribution in [3.8, 4) is 0 Å². The highest BCUT2D eigenvalue weighted by molar-refractivity contribution is 6.01. The average Bonchev–Trinajstić information content (AvgIpc) is 2.31. The molecule has 2 aliphatic rings. The highest BCUT2D eigenvalue weighted by Crippen LogP contribution is 2.43. The molecule has 0 bridgehead atoms. The Morgan fingerprint density at radius 1 is 1.14 bits per heavy atom. The lowest BCUT2D eigenvalue weighted by molar-refractivity contribution is 0.0852. The Kier molecular flexibility index (Phi) is 4.19. The molecule has 0 heterocycles. The van der Waals surface area contributed by atoms with Gasteiger partial charge in [-0.2, -0.15) is 0 Å². The van der Waals surface area contributed by atoms with Crippen LogP contribution in [0.3, 0.4) is 0 Å². The first-order valence-corrected chi connectivity index (χ1v) is 8.80. The second kappa shape index (κ2) is 5.94. The smallest absolute Gasteiger partial charge is 0.166 e. The third-order valence-corrected chi connectivity index (χ3v) is 5.70. The van der Waals surface area contributed by atoms with Crippen molar-refractivity contribution < 1.29 is 4.79 Å². The number of Topliss-reactive ketones (excluding diaryl/α,β-unsaturated/α-hetero) is 1. The van der Waals surface area contributed by atoms with Gasteiger partial charge in [-0.15, -0.1) is 0 Å². The molecule has 0 spiro atoms. The Morgan fingerprint density at radius 3 is 2.29 bits per heavy atom. The molecule has 0 radical (unpaired) electrons. The number of aryl methyl sites for hydroxylation is 2. The lowest BCUT2D eigenvalue weighted by atomic mass is 9.70. The first-order chi connectivity index (χ1) is 10.1. The van der Waals surface area contributed by atoms with E-state index in [0.717, 1.165) is 24.8 Å². The first-order valence-electron chi connectivity index (χ1n) is 8.80. The largest absolute Gasteiger partial charge is 0.294 e. The monoisotopic (exact) mass is 284 g/mol. The second-order valence-electron chi connectivity index (χ2n) is 7.14. The SMILES string of the molecule is CCCc1cc(C)c(C(=O)C2CCC2)c(C2CCC2)c1C. The molecule has 0 amide bonds. The average molecular weight is 284 g/mol. The molecular formula is C20H28O. The van der Waals surface area contributed by atoms with Crippen LogP contribution in [0.25, 0.3) is 0 Å². The van der Waals surface area contributed by atoms with Crippen molar-refractivity contribution in [1.29, 1.82) is 0 Å². The number of hydrogen-bond donors (Lipinski definition) is 0. The zero-order valence-electron chi connectivity index (χ0n) is 13.8. The minimum atomic E-state index is 0.318. The summed E-state index contributed by atoms with van der Waals surface area (Å²) in [6.07, 6.45) is 9.67. The number of ketones is 1. The van der Waals surface area contributed by atoms with Crippen molar-refractivity contribution in [3.05, 3.63) is 33.9 Å². The third kappa shape index (κ3) is 2.56. The summed E-state index contributed by atoms with van der Waals surface area (Å²) >= 11 is 0. The summed E-state index contributed by atoms with van der Waals surface area (Å²) in [4.78, 5) is 12.9. The van der Waals surface area contributed by atoms with E-state index >= 15 is 0 Å². The fourth-order valence-electron chi connectivity index (χ4n) is 3.95. The molecule has 2 fully saturated rings. The van der Waals surface area contributed by atoms with Crippen molar-refractivity contribution in [2.75, 3.05) is 0 Å². The summed E-state index contributed by atoms with van der Waals surface area (Å²) in [6.45, 7) is 6.66. The van der Waals surface area contributed by atoms with Gasteiger partial charge < -0.3 is 0 Å². The molecule has 0 saturated heterocycles. The van der Waals surface area contributed by atoms with Gasteiger partial charge in [0, 0.05) is 11.5 Å². The minimum absolute atomic E-state index is 0.318. The number of carbonyl (C=O) groups is 1. The predicted octanol–water partition coefficient (Wildman–Crippen LogP) is 5.51. The van der Waals surface area contributed by atoms with E-state index in [4.69, 9.17) is 0 Å². The molecule has 0 atom stereocenters. The van der Waals surface area contributed by atoms with E-state index in [1.165, 1.54) is 54.4 Å². The Balaban J connectivity index is 2.07. The van der Waals surface area contributed by atoms with E-state index < -0.39 is 0 Å². The Bertz CT molecular complexity index is 547. The summed E-state index contributed by atoms with van der Waals surface area (Å²) in [5.41, 5.74) is 6.68. The van der Waals surface area contributed by atoms with Crippen LogP contribution in [0.1, 0.15) is 90.4 Å². The molecule has 0 aliphatic heterocycles. The summed E-state index contributed by atoms with van der Waals surface area (Å²) < 4.78 is 0. The van der Waals surface area contributed by atoms with E-state index in [2.05, 4.69) is 26.8 Å². The van der Waals surface area contributed by atoms with E-state index in [1.54, 1.807) is 0 Å². The van der Waals surface area contributed by atoms with Crippen LogP contribution in [0.4, 0.5) is 0 Å². The molecule has 0 aromatic heterocycles. The van der Waals surface area contributed by atoms with Gasteiger partial charge in [0.15, 0.2) is 5.78 Å². The van der Waals surface area contributed by atoms with Crippen LogP contribution in [-0.2, 0) is 6.42 Å². The van der Waals surface area contributed by atoms with Gasteiger partial charge in [-0.25, -0.2) is 0 Å². The summed E-state index contributed by atoms with van der Waals surface area (Å²) in [7, 11) is 0. The molecule has 1 nitrogen and oxygen atoms in total. The van der Waals surface area contributed by atoms with E-state index in [-0.39, 0.29) is 0 Å². The molecule has 2 aliphatic carbocycles. The quantitative estimate of drug-likeness (QED) is 0.652. The van der Waals surface area contributed by atoms with E-state index in [1.807, 2.05) is 0 Å².